The van der Waals surface area contributed by atoms with E-state index in [9.17, 15) is 9.90 Å². The summed E-state index contributed by atoms with van der Waals surface area (Å²) in [5.41, 5.74) is 2.22. The molecule has 1 saturated carbocycles. The van der Waals surface area contributed by atoms with Gasteiger partial charge in [0, 0.05) is 18.4 Å². The number of thiophene rings is 1. The quantitative estimate of drug-likeness (QED) is 0.859. The fraction of sp³-hybridized carbons (Fsp3) is 0.412. The fourth-order valence-corrected chi connectivity index (χ4v) is 3.57. The van der Waals surface area contributed by atoms with Crippen LogP contribution in [0.25, 0.3) is 0 Å². The third kappa shape index (κ3) is 3.93. The van der Waals surface area contributed by atoms with Gasteiger partial charge in [-0.25, -0.2) is 0 Å². The second kappa shape index (κ2) is 7.03. The van der Waals surface area contributed by atoms with Crippen molar-refractivity contribution in [3.8, 4) is 0 Å². The largest absolute Gasteiger partial charge is 0.393 e. The maximum absolute atomic E-state index is 12.3. The number of carbonyl (C=O) groups is 1. The number of carbonyl (C=O) groups excluding carboxylic acids is 1. The van der Waals surface area contributed by atoms with Gasteiger partial charge < -0.3 is 10.4 Å². The van der Waals surface area contributed by atoms with E-state index in [2.05, 4.69) is 10.3 Å². The maximum Gasteiger partial charge on any atom is 0.224 e. The van der Waals surface area contributed by atoms with Crippen molar-refractivity contribution in [1.29, 1.82) is 0 Å². The smallest absolute Gasteiger partial charge is 0.224 e. The summed E-state index contributed by atoms with van der Waals surface area (Å²) in [4.78, 5) is 16.3. The number of aromatic nitrogens is 1. The van der Waals surface area contributed by atoms with Crippen LogP contribution in [0.15, 0.2) is 41.4 Å². The number of aliphatic hydroxyl groups excluding tert-OH is 1. The molecule has 2 heterocycles. The van der Waals surface area contributed by atoms with Crippen molar-refractivity contribution in [3.63, 3.8) is 0 Å². The lowest BCUT2D eigenvalue weighted by Gasteiger charge is -2.38. The number of rotatable bonds is 6. The van der Waals surface area contributed by atoms with E-state index in [-0.39, 0.29) is 18.1 Å². The highest BCUT2D eigenvalue weighted by Crippen LogP contribution is 2.31. The second-order valence-corrected chi connectivity index (χ2v) is 6.71. The van der Waals surface area contributed by atoms with Crippen LogP contribution in [0.3, 0.4) is 0 Å². The lowest BCUT2D eigenvalue weighted by molar-refractivity contribution is -0.122. The Morgan fingerprint density at radius 3 is 2.73 bits per heavy atom. The molecule has 0 spiro atoms. The zero-order valence-electron chi connectivity index (χ0n) is 12.3. The number of pyridine rings is 1. The third-order valence-corrected chi connectivity index (χ3v) is 4.95. The first-order chi connectivity index (χ1) is 10.7. The van der Waals surface area contributed by atoms with E-state index >= 15 is 0 Å². The third-order valence-electron chi connectivity index (χ3n) is 4.21. The van der Waals surface area contributed by atoms with Crippen molar-refractivity contribution in [1.82, 2.24) is 10.3 Å². The van der Waals surface area contributed by atoms with E-state index in [4.69, 9.17) is 0 Å². The number of aliphatic hydroxyl groups is 1. The summed E-state index contributed by atoms with van der Waals surface area (Å²) in [7, 11) is 0. The zero-order chi connectivity index (χ0) is 15.4. The van der Waals surface area contributed by atoms with Gasteiger partial charge in [0.15, 0.2) is 0 Å². The Morgan fingerprint density at radius 1 is 1.32 bits per heavy atom. The minimum atomic E-state index is -0.210. The number of nitrogens with zero attached hydrogens (tertiary/aromatic N) is 1. The number of hydrogen-bond donors (Lipinski definition) is 2. The van der Waals surface area contributed by atoms with Crippen molar-refractivity contribution < 1.29 is 9.90 Å². The van der Waals surface area contributed by atoms with E-state index in [1.165, 1.54) is 0 Å². The lowest BCUT2D eigenvalue weighted by atomic mass is 9.75. The Kier molecular flexibility index (Phi) is 4.85. The van der Waals surface area contributed by atoms with Crippen LogP contribution in [0.4, 0.5) is 0 Å². The van der Waals surface area contributed by atoms with Crippen LogP contribution in [0.5, 0.6) is 0 Å². The van der Waals surface area contributed by atoms with Gasteiger partial charge in [-0.05, 0) is 65.3 Å². The second-order valence-electron chi connectivity index (χ2n) is 5.93. The van der Waals surface area contributed by atoms with Crippen molar-refractivity contribution in [2.24, 2.45) is 5.92 Å². The molecule has 0 saturated heterocycles. The van der Waals surface area contributed by atoms with Crippen molar-refractivity contribution >= 4 is 17.2 Å². The molecule has 4 nitrogen and oxygen atoms in total. The number of hydrogen-bond acceptors (Lipinski definition) is 4. The zero-order valence-corrected chi connectivity index (χ0v) is 13.1. The SMILES string of the molecule is O=C(Cc1ccsc1)NC(Cc1ccncc1)C1CC(O)C1. The molecule has 1 aliphatic rings. The highest BCUT2D eigenvalue weighted by molar-refractivity contribution is 7.07. The Balaban J connectivity index is 1.62. The Labute approximate surface area is 134 Å². The average Bonchev–Trinajstić information content (AvgIpc) is 2.97. The molecule has 0 aromatic carbocycles. The van der Waals surface area contributed by atoms with E-state index < -0.39 is 0 Å². The molecule has 1 fully saturated rings. The van der Waals surface area contributed by atoms with Gasteiger partial charge in [0.1, 0.15) is 0 Å². The van der Waals surface area contributed by atoms with E-state index in [1.807, 2.05) is 29.0 Å². The van der Waals surface area contributed by atoms with Crippen LogP contribution in [0.2, 0.25) is 0 Å². The van der Waals surface area contributed by atoms with Crippen molar-refractivity contribution in [2.45, 2.75) is 37.8 Å². The first-order valence-corrected chi connectivity index (χ1v) is 8.52. The highest BCUT2D eigenvalue weighted by atomic mass is 32.1. The molecular formula is C17H20N2O2S. The summed E-state index contributed by atoms with van der Waals surface area (Å²) in [6, 6.07) is 6.02. The van der Waals surface area contributed by atoms with Crippen LogP contribution >= 0.6 is 11.3 Å². The van der Waals surface area contributed by atoms with Gasteiger partial charge in [-0.15, -0.1) is 0 Å². The molecule has 116 valence electrons. The maximum atomic E-state index is 12.3. The summed E-state index contributed by atoms with van der Waals surface area (Å²) in [5, 5.41) is 16.7. The van der Waals surface area contributed by atoms with Crippen molar-refractivity contribution in [3.05, 3.63) is 52.5 Å². The predicted octanol–water partition coefficient (Wildman–Crippen LogP) is 2.18. The molecule has 22 heavy (non-hydrogen) atoms. The molecule has 0 aliphatic heterocycles. The van der Waals surface area contributed by atoms with Crippen LogP contribution < -0.4 is 5.32 Å². The molecule has 1 aliphatic carbocycles. The van der Waals surface area contributed by atoms with Gasteiger partial charge in [-0.2, -0.15) is 11.3 Å². The standard InChI is InChI=1S/C17H20N2O2S/c20-15-9-14(10-15)16(7-12-1-4-18-5-2-12)19-17(21)8-13-3-6-22-11-13/h1-6,11,14-16,20H,7-10H2,(H,19,21). The summed E-state index contributed by atoms with van der Waals surface area (Å²) in [5.74, 6) is 0.411. The molecule has 0 bridgehead atoms. The van der Waals surface area contributed by atoms with Crippen LogP contribution in [0.1, 0.15) is 24.0 Å². The van der Waals surface area contributed by atoms with Crippen LogP contribution in [0, 0.1) is 5.92 Å². The highest BCUT2D eigenvalue weighted by Gasteiger charge is 2.34. The summed E-state index contributed by atoms with van der Waals surface area (Å²) >= 11 is 1.61. The molecule has 2 aromatic rings. The topological polar surface area (TPSA) is 62.2 Å². The normalized spacial score (nSPS) is 21.9. The molecule has 1 atom stereocenters. The summed E-state index contributed by atoms with van der Waals surface area (Å²) < 4.78 is 0. The molecule has 3 rings (SSSR count). The number of amides is 1. The first kappa shape index (κ1) is 15.2. The van der Waals surface area contributed by atoms with Gasteiger partial charge in [0.05, 0.1) is 12.5 Å². The van der Waals surface area contributed by atoms with Gasteiger partial charge in [-0.1, -0.05) is 0 Å². The monoisotopic (exact) mass is 316 g/mol. The van der Waals surface area contributed by atoms with Gasteiger partial charge in [0.25, 0.3) is 0 Å². The minimum Gasteiger partial charge on any atom is -0.393 e. The predicted molar refractivity (Wildman–Crippen MR) is 86.6 cm³/mol. The average molecular weight is 316 g/mol. The minimum absolute atomic E-state index is 0.0545. The van der Waals surface area contributed by atoms with Crippen molar-refractivity contribution in [2.75, 3.05) is 0 Å². The lowest BCUT2D eigenvalue weighted by Crippen LogP contribution is -2.48. The van der Waals surface area contributed by atoms with E-state index in [1.54, 1.807) is 23.7 Å². The first-order valence-electron chi connectivity index (χ1n) is 7.58. The Bertz CT molecular complexity index is 594. The van der Waals surface area contributed by atoms with Crippen LogP contribution in [-0.2, 0) is 17.6 Å². The molecular weight excluding hydrogens is 296 g/mol. The Morgan fingerprint density at radius 2 is 2.09 bits per heavy atom. The summed E-state index contributed by atoms with van der Waals surface area (Å²) in [6.45, 7) is 0. The van der Waals surface area contributed by atoms with E-state index in [0.717, 1.165) is 30.4 Å². The molecule has 0 radical (unpaired) electrons. The summed E-state index contributed by atoms with van der Waals surface area (Å²) in [6.07, 6.45) is 6.09. The van der Waals surface area contributed by atoms with Gasteiger partial charge in [-0.3, -0.25) is 9.78 Å². The molecule has 1 unspecified atom stereocenters. The van der Waals surface area contributed by atoms with Gasteiger partial charge in [0.2, 0.25) is 5.91 Å². The Hall–Kier alpha value is -1.72. The molecule has 2 N–H and O–H groups in total. The molecule has 1 amide bonds. The van der Waals surface area contributed by atoms with E-state index in [0.29, 0.717) is 12.3 Å². The molecule has 5 heteroatoms. The molecule has 2 aromatic heterocycles. The fourth-order valence-electron chi connectivity index (χ4n) is 2.90. The van der Waals surface area contributed by atoms with Gasteiger partial charge >= 0.3 is 0 Å². The van der Waals surface area contributed by atoms with Crippen LogP contribution in [-0.4, -0.2) is 28.1 Å². The number of nitrogens with one attached hydrogen (secondary N) is 1.